The maximum Gasteiger partial charge on any atom is 0.140 e. The number of rotatable bonds is 6. The highest BCUT2D eigenvalue weighted by molar-refractivity contribution is 7.98. The minimum absolute atomic E-state index is 0.659. The molecule has 0 spiro atoms. The second kappa shape index (κ2) is 13.2. The lowest BCUT2D eigenvalue weighted by atomic mass is 9.83. The molecule has 5 heteroatoms. The maximum absolute atomic E-state index is 4.98. The molecule has 1 aromatic carbocycles. The van der Waals surface area contributed by atoms with Gasteiger partial charge in [0.25, 0.3) is 0 Å². The van der Waals surface area contributed by atoms with Gasteiger partial charge in [-0.1, -0.05) is 44.9 Å². The Morgan fingerprint density at radius 1 is 0.949 bits per heavy atom. The van der Waals surface area contributed by atoms with E-state index in [0.717, 1.165) is 29.3 Å². The molecule has 6 rings (SSSR count). The zero-order valence-corrected chi connectivity index (χ0v) is 25.8. The van der Waals surface area contributed by atoms with Crippen molar-refractivity contribution >= 4 is 17.4 Å². The van der Waals surface area contributed by atoms with Crippen LogP contribution in [0.4, 0.5) is 0 Å². The van der Waals surface area contributed by atoms with Crippen LogP contribution in [0.2, 0.25) is 0 Å². The van der Waals surface area contributed by atoms with Crippen LogP contribution in [-0.2, 0) is 0 Å². The Labute approximate surface area is 241 Å². The van der Waals surface area contributed by atoms with E-state index < -0.39 is 0 Å². The summed E-state index contributed by atoms with van der Waals surface area (Å²) in [6.45, 7) is 14.1. The van der Waals surface area contributed by atoms with E-state index in [4.69, 9.17) is 4.98 Å². The van der Waals surface area contributed by atoms with Crippen molar-refractivity contribution in [2.75, 3.05) is 32.4 Å². The van der Waals surface area contributed by atoms with Gasteiger partial charge in [0, 0.05) is 41.5 Å². The molecule has 0 bridgehead atoms. The first-order valence-corrected chi connectivity index (χ1v) is 16.8. The topological polar surface area (TPSA) is 23.8 Å². The quantitative estimate of drug-likeness (QED) is 0.290. The number of aryl methyl sites for hydroxylation is 1. The first-order valence-electron chi connectivity index (χ1n) is 15.6. The molecule has 3 aromatic rings. The molecular weight excluding hydrogens is 496 g/mol. The van der Waals surface area contributed by atoms with Gasteiger partial charge in [0.2, 0.25) is 0 Å². The second-order valence-corrected chi connectivity index (χ2v) is 13.3. The summed E-state index contributed by atoms with van der Waals surface area (Å²) >= 11 is 1.78. The van der Waals surface area contributed by atoms with Crippen molar-refractivity contribution in [3.05, 3.63) is 53.9 Å². The van der Waals surface area contributed by atoms with Gasteiger partial charge in [-0.05, 0) is 113 Å². The Morgan fingerprint density at radius 3 is 2.28 bits per heavy atom. The SMILES string of the molecule is CCC.CSc1ccc(-c2cn3cc(C4CCN(C5CCN(CC6CCC6)C(C)C5)CC4)cc(C)c3n2)cc1. The molecule has 0 amide bonds. The molecular formula is C34H50N4S. The third-order valence-corrected chi connectivity index (χ3v) is 10.1. The van der Waals surface area contributed by atoms with E-state index >= 15 is 0 Å². The Hall–Kier alpha value is -1.82. The molecule has 0 N–H and O–H groups in total. The fourth-order valence-corrected chi connectivity index (χ4v) is 7.23. The van der Waals surface area contributed by atoms with E-state index in [2.05, 4.69) is 90.9 Å². The Balaban J connectivity index is 0.000000983. The fourth-order valence-electron chi connectivity index (χ4n) is 6.82. The molecule has 4 nitrogen and oxygen atoms in total. The van der Waals surface area contributed by atoms with Crippen LogP contribution in [0.5, 0.6) is 0 Å². The highest BCUT2D eigenvalue weighted by atomic mass is 32.2. The lowest BCUT2D eigenvalue weighted by Gasteiger charge is -2.46. The summed E-state index contributed by atoms with van der Waals surface area (Å²) < 4.78 is 2.27. The first-order chi connectivity index (χ1) is 19.0. The number of hydrogen-bond donors (Lipinski definition) is 0. The van der Waals surface area contributed by atoms with Crippen molar-refractivity contribution in [3.63, 3.8) is 0 Å². The van der Waals surface area contributed by atoms with Gasteiger partial charge in [-0.2, -0.15) is 0 Å². The molecule has 3 aliphatic rings. The molecule has 4 heterocycles. The van der Waals surface area contributed by atoms with E-state index in [0.29, 0.717) is 5.92 Å². The van der Waals surface area contributed by atoms with Gasteiger partial charge in [0.1, 0.15) is 5.65 Å². The van der Waals surface area contributed by atoms with Gasteiger partial charge >= 0.3 is 0 Å². The summed E-state index contributed by atoms with van der Waals surface area (Å²) in [6, 6.07) is 12.7. The lowest BCUT2D eigenvalue weighted by molar-refractivity contribution is 0.0417. The number of pyridine rings is 1. The smallest absolute Gasteiger partial charge is 0.140 e. The summed E-state index contributed by atoms with van der Waals surface area (Å²) in [5.74, 6) is 1.65. The minimum Gasteiger partial charge on any atom is -0.306 e. The lowest BCUT2D eigenvalue weighted by Crippen LogP contribution is -2.52. The zero-order chi connectivity index (χ0) is 27.4. The minimum atomic E-state index is 0.659. The fraction of sp³-hybridized carbons (Fsp3) is 0.618. The van der Waals surface area contributed by atoms with Crippen LogP contribution in [0.15, 0.2) is 47.6 Å². The van der Waals surface area contributed by atoms with Crippen molar-refractivity contribution in [1.29, 1.82) is 0 Å². The summed E-state index contributed by atoms with van der Waals surface area (Å²) in [5.41, 5.74) is 6.12. The van der Waals surface area contributed by atoms with E-state index in [1.165, 1.54) is 99.1 Å². The highest BCUT2D eigenvalue weighted by Gasteiger charge is 2.33. The monoisotopic (exact) mass is 546 g/mol. The normalized spacial score (nSPS) is 23.4. The summed E-state index contributed by atoms with van der Waals surface area (Å²) in [5, 5.41) is 0. The van der Waals surface area contributed by atoms with E-state index in [-0.39, 0.29) is 0 Å². The van der Waals surface area contributed by atoms with E-state index in [1.54, 1.807) is 11.8 Å². The average molecular weight is 547 g/mol. The van der Waals surface area contributed by atoms with Crippen molar-refractivity contribution in [2.24, 2.45) is 5.92 Å². The van der Waals surface area contributed by atoms with Crippen molar-refractivity contribution in [2.45, 2.75) is 102 Å². The zero-order valence-electron chi connectivity index (χ0n) is 25.0. The third-order valence-electron chi connectivity index (χ3n) is 9.36. The number of thioether (sulfide) groups is 1. The van der Waals surface area contributed by atoms with Crippen LogP contribution in [0, 0.1) is 12.8 Å². The molecule has 0 radical (unpaired) electrons. The molecule has 1 aliphatic carbocycles. The number of benzene rings is 1. The van der Waals surface area contributed by atoms with E-state index in [9.17, 15) is 0 Å². The largest absolute Gasteiger partial charge is 0.306 e. The summed E-state index contributed by atoms with van der Waals surface area (Å²) in [7, 11) is 0. The Bertz CT molecular complexity index is 1190. The molecule has 2 aromatic heterocycles. The van der Waals surface area contributed by atoms with Crippen LogP contribution in [0.3, 0.4) is 0 Å². The molecule has 39 heavy (non-hydrogen) atoms. The predicted molar refractivity (Wildman–Crippen MR) is 168 cm³/mol. The molecule has 212 valence electrons. The number of hydrogen-bond acceptors (Lipinski definition) is 4. The van der Waals surface area contributed by atoms with Crippen LogP contribution in [0.1, 0.15) is 89.2 Å². The molecule has 2 atom stereocenters. The molecule has 2 unspecified atom stereocenters. The number of aromatic nitrogens is 2. The molecule has 3 fully saturated rings. The average Bonchev–Trinajstić information content (AvgIpc) is 3.37. The summed E-state index contributed by atoms with van der Waals surface area (Å²) in [4.78, 5) is 11.9. The highest BCUT2D eigenvalue weighted by Crippen LogP contribution is 2.34. The second-order valence-electron chi connectivity index (χ2n) is 12.4. The number of likely N-dealkylation sites (tertiary alicyclic amines) is 2. The van der Waals surface area contributed by atoms with Gasteiger partial charge in [-0.25, -0.2) is 4.98 Å². The van der Waals surface area contributed by atoms with Crippen LogP contribution >= 0.6 is 11.8 Å². The molecule has 1 saturated carbocycles. The summed E-state index contributed by atoms with van der Waals surface area (Å²) in [6.07, 6.45) is 17.6. The standard InChI is InChI=1S/C31H42N4S.C3H8/c1-22-17-27(20-35-21-30(32-31(22)35)26-7-9-29(36-3)10-8-26)25-11-14-33(15-12-25)28-13-16-34(23(2)18-28)19-24-5-4-6-24;1-3-2/h7-10,17,20-21,23-25,28H,4-6,11-16,18-19H2,1-3H3;3H2,1-2H3. The van der Waals surface area contributed by atoms with Crippen LogP contribution in [-0.4, -0.2) is 63.7 Å². The maximum atomic E-state index is 4.98. The van der Waals surface area contributed by atoms with Crippen molar-refractivity contribution < 1.29 is 0 Å². The van der Waals surface area contributed by atoms with Gasteiger partial charge in [-0.15, -0.1) is 11.8 Å². The van der Waals surface area contributed by atoms with Gasteiger partial charge in [0.05, 0.1) is 5.69 Å². The van der Waals surface area contributed by atoms with Crippen LogP contribution in [0.25, 0.3) is 16.9 Å². The number of fused-ring (bicyclic) bond motifs is 1. The predicted octanol–water partition coefficient (Wildman–Crippen LogP) is 8.28. The van der Waals surface area contributed by atoms with Crippen LogP contribution < -0.4 is 0 Å². The number of nitrogens with zero attached hydrogens (tertiary/aromatic N) is 4. The third kappa shape index (κ3) is 6.74. The van der Waals surface area contributed by atoms with Gasteiger partial charge in [0.15, 0.2) is 0 Å². The van der Waals surface area contributed by atoms with Crippen molar-refractivity contribution in [3.8, 4) is 11.3 Å². The Kier molecular flexibility index (Phi) is 9.73. The van der Waals surface area contributed by atoms with Gasteiger partial charge in [-0.3, -0.25) is 0 Å². The number of piperidine rings is 2. The molecule has 2 saturated heterocycles. The van der Waals surface area contributed by atoms with Crippen molar-refractivity contribution in [1.82, 2.24) is 19.2 Å². The number of imidazole rings is 1. The van der Waals surface area contributed by atoms with Gasteiger partial charge < -0.3 is 14.2 Å². The first kappa shape index (κ1) is 28.7. The van der Waals surface area contributed by atoms with E-state index in [1.807, 2.05) is 0 Å². The Morgan fingerprint density at radius 2 is 1.67 bits per heavy atom. The molecule has 2 aliphatic heterocycles.